The van der Waals surface area contributed by atoms with Gasteiger partial charge in [-0.15, -0.1) is 0 Å². The molecule has 8 heteroatoms. The zero-order chi connectivity index (χ0) is 22.2. The van der Waals surface area contributed by atoms with Gasteiger partial charge < -0.3 is 15.0 Å². The fourth-order valence-corrected chi connectivity index (χ4v) is 3.25. The van der Waals surface area contributed by atoms with Crippen LogP contribution in [-0.4, -0.2) is 30.6 Å². The number of nitrogens with one attached hydrogen (secondary N) is 1. The third-order valence-corrected chi connectivity index (χ3v) is 4.57. The lowest BCUT2D eigenvalue weighted by Crippen LogP contribution is -2.32. The molecule has 2 aromatic carbocycles. The molecule has 5 nitrogen and oxygen atoms in total. The van der Waals surface area contributed by atoms with Gasteiger partial charge in [0.2, 0.25) is 0 Å². The first-order chi connectivity index (χ1) is 15.0. The van der Waals surface area contributed by atoms with Gasteiger partial charge in [-0.05, 0) is 48.9 Å². The predicted octanol–water partition coefficient (Wildman–Crippen LogP) is 5.56. The van der Waals surface area contributed by atoms with E-state index < -0.39 is 17.5 Å². The minimum Gasteiger partial charge on any atom is -0.492 e. The lowest BCUT2D eigenvalue weighted by Gasteiger charge is -2.23. The molecule has 162 valence electrons. The fraction of sp³-hybridized carbons (Fsp3) is 0.217. The molecule has 0 aliphatic carbocycles. The van der Waals surface area contributed by atoms with Gasteiger partial charge in [-0.3, -0.25) is 9.78 Å². The van der Waals surface area contributed by atoms with Crippen molar-refractivity contribution in [1.29, 1.82) is 0 Å². The van der Waals surface area contributed by atoms with Crippen molar-refractivity contribution in [2.75, 3.05) is 29.9 Å². The first kappa shape index (κ1) is 22.5. The van der Waals surface area contributed by atoms with Crippen LogP contribution in [0, 0.1) is 11.6 Å². The number of halogens is 3. The molecule has 0 aliphatic rings. The molecule has 0 radical (unpaired) electrons. The average molecular weight is 446 g/mol. The molecule has 0 bridgehead atoms. The van der Waals surface area contributed by atoms with E-state index in [4.69, 9.17) is 16.3 Å². The Kier molecular flexibility index (Phi) is 7.78. The molecule has 31 heavy (non-hydrogen) atoms. The molecule has 0 aliphatic heterocycles. The highest BCUT2D eigenvalue weighted by atomic mass is 35.5. The van der Waals surface area contributed by atoms with Gasteiger partial charge in [0.1, 0.15) is 24.0 Å². The summed E-state index contributed by atoms with van der Waals surface area (Å²) in [5.74, 6) is -1.50. The molecular formula is C23H22ClF2N3O2. The van der Waals surface area contributed by atoms with E-state index in [1.54, 1.807) is 24.5 Å². The Morgan fingerprint density at radius 3 is 2.48 bits per heavy atom. The highest BCUT2D eigenvalue weighted by molar-refractivity contribution is 6.31. The number of nitrogens with zero attached hydrogens (tertiary/aromatic N) is 2. The number of carbonyl (C=O) groups excluding carboxylic acids is 1. The van der Waals surface area contributed by atoms with Crippen LogP contribution in [0.15, 0.2) is 60.9 Å². The van der Waals surface area contributed by atoms with Crippen molar-refractivity contribution in [2.45, 2.75) is 13.3 Å². The molecule has 3 aromatic rings. The molecule has 0 saturated heterocycles. The molecule has 1 N–H and O–H groups in total. The normalized spacial score (nSPS) is 10.6. The minimum absolute atomic E-state index is 0.147. The van der Waals surface area contributed by atoms with Gasteiger partial charge in [0.05, 0.1) is 0 Å². The highest BCUT2D eigenvalue weighted by Crippen LogP contribution is 2.25. The summed E-state index contributed by atoms with van der Waals surface area (Å²) in [6.07, 6.45) is 3.98. The van der Waals surface area contributed by atoms with Crippen LogP contribution in [0.4, 0.5) is 20.2 Å². The standard InChI is InChI=1S/C23H22ClF2N3O2/c1-2-8-29(21-14-18(25)13-19(26)15-21)23(30)16-10-17(24)12-22(11-16)31-9-7-28-20-3-5-27-6-4-20/h3-6,10-15H,2,7-9H2,1H3,(H,27,28). The van der Waals surface area contributed by atoms with Gasteiger partial charge in [-0.25, -0.2) is 8.78 Å². The van der Waals surface area contributed by atoms with Crippen LogP contribution in [0.5, 0.6) is 5.75 Å². The fourth-order valence-electron chi connectivity index (χ4n) is 3.03. The third kappa shape index (κ3) is 6.39. The number of amides is 1. The number of rotatable bonds is 9. The summed E-state index contributed by atoms with van der Waals surface area (Å²) in [6.45, 7) is 3.03. The number of ether oxygens (including phenoxy) is 1. The van der Waals surface area contributed by atoms with Crippen LogP contribution in [0.3, 0.4) is 0 Å². The third-order valence-electron chi connectivity index (χ3n) is 4.35. The second kappa shape index (κ2) is 10.7. The Morgan fingerprint density at radius 1 is 1.10 bits per heavy atom. The molecule has 0 atom stereocenters. The molecule has 0 unspecified atom stereocenters. The minimum atomic E-state index is -0.749. The van der Waals surface area contributed by atoms with E-state index >= 15 is 0 Å². The molecule has 1 amide bonds. The molecule has 1 aromatic heterocycles. The monoisotopic (exact) mass is 445 g/mol. The highest BCUT2D eigenvalue weighted by Gasteiger charge is 2.20. The largest absolute Gasteiger partial charge is 0.492 e. The van der Waals surface area contributed by atoms with Gasteiger partial charge in [0, 0.05) is 53.5 Å². The van der Waals surface area contributed by atoms with E-state index in [-0.39, 0.29) is 11.3 Å². The summed E-state index contributed by atoms with van der Waals surface area (Å²) >= 11 is 6.19. The number of aromatic nitrogens is 1. The zero-order valence-corrected chi connectivity index (χ0v) is 17.7. The second-order valence-corrected chi connectivity index (χ2v) is 7.21. The van der Waals surface area contributed by atoms with Crippen LogP contribution >= 0.6 is 11.6 Å². The van der Waals surface area contributed by atoms with Crippen molar-refractivity contribution in [3.05, 3.63) is 83.1 Å². The van der Waals surface area contributed by atoms with Crippen molar-refractivity contribution in [1.82, 2.24) is 4.98 Å². The Morgan fingerprint density at radius 2 is 1.81 bits per heavy atom. The number of carbonyl (C=O) groups is 1. The van der Waals surface area contributed by atoms with Gasteiger partial charge >= 0.3 is 0 Å². The zero-order valence-electron chi connectivity index (χ0n) is 16.9. The maximum absolute atomic E-state index is 13.7. The Bertz CT molecular complexity index is 1010. The smallest absolute Gasteiger partial charge is 0.258 e. The summed E-state index contributed by atoms with van der Waals surface area (Å²) in [5.41, 5.74) is 1.33. The van der Waals surface area contributed by atoms with Crippen molar-refractivity contribution in [3.8, 4) is 5.75 Å². The molecule has 3 rings (SSSR count). The number of pyridine rings is 1. The van der Waals surface area contributed by atoms with E-state index in [0.29, 0.717) is 36.9 Å². The first-order valence-electron chi connectivity index (χ1n) is 9.81. The summed E-state index contributed by atoms with van der Waals surface area (Å²) in [4.78, 5) is 18.4. The first-order valence-corrected chi connectivity index (χ1v) is 10.2. The van der Waals surface area contributed by atoms with Gasteiger partial charge in [0.25, 0.3) is 5.91 Å². The van der Waals surface area contributed by atoms with Crippen LogP contribution in [0.1, 0.15) is 23.7 Å². The van der Waals surface area contributed by atoms with E-state index in [1.165, 1.54) is 11.0 Å². The van der Waals surface area contributed by atoms with E-state index in [0.717, 1.165) is 23.9 Å². The molecular weight excluding hydrogens is 424 g/mol. The van der Waals surface area contributed by atoms with Crippen LogP contribution in [0.25, 0.3) is 0 Å². The van der Waals surface area contributed by atoms with E-state index in [1.807, 2.05) is 19.1 Å². The Hall–Kier alpha value is -3.19. The SMILES string of the molecule is CCCN(C(=O)c1cc(Cl)cc(OCCNc2ccncc2)c1)c1cc(F)cc(F)c1. The van der Waals surface area contributed by atoms with Crippen LogP contribution < -0.4 is 15.0 Å². The van der Waals surface area contributed by atoms with Gasteiger partial charge in [-0.1, -0.05) is 18.5 Å². The molecule has 0 spiro atoms. The second-order valence-electron chi connectivity index (χ2n) is 6.77. The number of anilines is 2. The lowest BCUT2D eigenvalue weighted by molar-refractivity contribution is 0.0986. The quantitative estimate of drug-likeness (QED) is 0.438. The van der Waals surface area contributed by atoms with Crippen LogP contribution in [-0.2, 0) is 0 Å². The molecule has 0 fully saturated rings. The summed E-state index contributed by atoms with van der Waals surface area (Å²) in [6, 6.07) is 11.4. The lowest BCUT2D eigenvalue weighted by atomic mass is 10.1. The summed E-state index contributed by atoms with van der Waals surface area (Å²) in [5, 5.41) is 3.51. The maximum atomic E-state index is 13.7. The van der Waals surface area contributed by atoms with Crippen molar-refractivity contribution in [3.63, 3.8) is 0 Å². The summed E-state index contributed by atoms with van der Waals surface area (Å²) in [7, 11) is 0. The topological polar surface area (TPSA) is 54.5 Å². The maximum Gasteiger partial charge on any atom is 0.258 e. The van der Waals surface area contributed by atoms with Crippen molar-refractivity contribution < 1.29 is 18.3 Å². The number of hydrogen-bond donors (Lipinski definition) is 1. The van der Waals surface area contributed by atoms with Gasteiger partial charge in [0.15, 0.2) is 0 Å². The Balaban J connectivity index is 1.73. The number of hydrogen-bond acceptors (Lipinski definition) is 4. The van der Waals surface area contributed by atoms with Gasteiger partial charge in [-0.2, -0.15) is 0 Å². The Labute approximate surface area is 184 Å². The average Bonchev–Trinajstić information content (AvgIpc) is 2.74. The summed E-state index contributed by atoms with van der Waals surface area (Å²) < 4.78 is 33.1. The van der Waals surface area contributed by atoms with Crippen molar-refractivity contribution in [2.24, 2.45) is 0 Å². The predicted molar refractivity (Wildman–Crippen MR) is 118 cm³/mol. The molecule has 0 saturated carbocycles. The van der Waals surface area contributed by atoms with Crippen LogP contribution in [0.2, 0.25) is 5.02 Å². The van der Waals surface area contributed by atoms with Crippen molar-refractivity contribution >= 4 is 28.9 Å². The number of benzene rings is 2. The van der Waals surface area contributed by atoms with E-state index in [2.05, 4.69) is 10.3 Å². The van der Waals surface area contributed by atoms with E-state index in [9.17, 15) is 13.6 Å². The molecule has 1 heterocycles.